The van der Waals surface area contributed by atoms with Gasteiger partial charge in [0.05, 0.1) is 6.61 Å². The fourth-order valence-corrected chi connectivity index (χ4v) is 3.41. The SMILES string of the molecule is CCC1CCC(CN)(CCCOc2ccccc2)CC1. The van der Waals surface area contributed by atoms with Crippen molar-refractivity contribution in [3.63, 3.8) is 0 Å². The smallest absolute Gasteiger partial charge is 0.119 e. The van der Waals surface area contributed by atoms with Crippen molar-refractivity contribution in [2.75, 3.05) is 13.2 Å². The van der Waals surface area contributed by atoms with Gasteiger partial charge in [0.15, 0.2) is 0 Å². The first-order valence-electron chi connectivity index (χ1n) is 8.16. The van der Waals surface area contributed by atoms with Gasteiger partial charge in [-0.3, -0.25) is 0 Å². The van der Waals surface area contributed by atoms with Gasteiger partial charge in [0.25, 0.3) is 0 Å². The van der Waals surface area contributed by atoms with Gasteiger partial charge in [0.2, 0.25) is 0 Å². The van der Waals surface area contributed by atoms with Gasteiger partial charge in [0, 0.05) is 0 Å². The molecule has 1 fully saturated rings. The molecule has 1 saturated carbocycles. The van der Waals surface area contributed by atoms with Crippen molar-refractivity contribution in [3.05, 3.63) is 30.3 Å². The average Bonchev–Trinajstić information content (AvgIpc) is 2.53. The van der Waals surface area contributed by atoms with Gasteiger partial charge >= 0.3 is 0 Å². The Morgan fingerprint density at radius 2 is 1.90 bits per heavy atom. The van der Waals surface area contributed by atoms with Gasteiger partial charge in [-0.15, -0.1) is 0 Å². The minimum atomic E-state index is 0.395. The molecule has 20 heavy (non-hydrogen) atoms. The molecule has 2 heteroatoms. The highest BCUT2D eigenvalue weighted by molar-refractivity contribution is 5.20. The van der Waals surface area contributed by atoms with Crippen LogP contribution in [0.1, 0.15) is 51.9 Å². The van der Waals surface area contributed by atoms with Crippen molar-refractivity contribution in [2.24, 2.45) is 17.1 Å². The molecule has 0 aliphatic heterocycles. The van der Waals surface area contributed by atoms with E-state index in [1.54, 1.807) is 0 Å². The Balaban J connectivity index is 1.71. The zero-order valence-electron chi connectivity index (χ0n) is 12.8. The monoisotopic (exact) mass is 275 g/mol. The largest absolute Gasteiger partial charge is 0.494 e. The van der Waals surface area contributed by atoms with Gasteiger partial charge in [-0.2, -0.15) is 0 Å². The highest BCUT2D eigenvalue weighted by atomic mass is 16.5. The third-order valence-corrected chi connectivity index (χ3v) is 5.04. The van der Waals surface area contributed by atoms with Crippen molar-refractivity contribution in [3.8, 4) is 5.75 Å². The Kier molecular flexibility index (Phi) is 5.90. The molecule has 1 aromatic carbocycles. The van der Waals surface area contributed by atoms with Crippen molar-refractivity contribution in [2.45, 2.75) is 51.9 Å². The Labute approximate surface area is 123 Å². The van der Waals surface area contributed by atoms with Crippen LogP contribution in [0.4, 0.5) is 0 Å². The molecule has 0 bridgehead atoms. The maximum atomic E-state index is 6.08. The lowest BCUT2D eigenvalue weighted by Crippen LogP contribution is -2.35. The highest BCUT2D eigenvalue weighted by Gasteiger charge is 2.33. The molecule has 0 radical (unpaired) electrons. The first-order chi connectivity index (χ1) is 9.78. The van der Waals surface area contributed by atoms with Gasteiger partial charge in [-0.05, 0) is 68.5 Å². The Hall–Kier alpha value is -1.02. The standard InChI is InChI=1S/C18H29NO/c1-2-16-9-12-18(15-19,13-10-16)11-6-14-20-17-7-4-3-5-8-17/h3-5,7-8,16H,2,6,9-15,19H2,1H3. The number of ether oxygens (including phenoxy) is 1. The van der Waals surface area contributed by atoms with E-state index in [0.29, 0.717) is 5.41 Å². The minimum absolute atomic E-state index is 0.395. The second kappa shape index (κ2) is 7.68. The van der Waals surface area contributed by atoms with Gasteiger partial charge in [0.1, 0.15) is 5.75 Å². The lowest BCUT2D eigenvalue weighted by Gasteiger charge is -2.39. The molecule has 0 amide bonds. The van der Waals surface area contributed by atoms with Crippen LogP contribution in [0.25, 0.3) is 0 Å². The van der Waals surface area contributed by atoms with Gasteiger partial charge in [-0.25, -0.2) is 0 Å². The molecule has 1 aliphatic carbocycles. The van der Waals surface area contributed by atoms with Crippen LogP contribution >= 0.6 is 0 Å². The quantitative estimate of drug-likeness (QED) is 0.749. The predicted octanol–water partition coefficient (Wildman–Crippen LogP) is 4.39. The molecule has 1 aromatic rings. The highest BCUT2D eigenvalue weighted by Crippen LogP contribution is 2.42. The molecule has 1 aliphatic rings. The van der Waals surface area contributed by atoms with Crippen LogP contribution in [-0.4, -0.2) is 13.2 Å². The molecule has 2 rings (SSSR count). The van der Waals surface area contributed by atoms with Gasteiger partial charge in [-0.1, -0.05) is 31.5 Å². The Morgan fingerprint density at radius 3 is 2.50 bits per heavy atom. The van der Waals surface area contributed by atoms with Crippen LogP contribution in [0.3, 0.4) is 0 Å². The molecule has 0 atom stereocenters. The van der Waals surface area contributed by atoms with E-state index in [-0.39, 0.29) is 0 Å². The second-order valence-corrected chi connectivity index (χ2v) is 6.32. The van der Waals surface area contributed by atoms with E-state index in [4.69, 9.17) is 10.5 Å². The van der Waals surface area contributed by atoms with E-state index in [2.05, 4.69) is 6.92 Å². The summed E-state index contributed by atoms with van der Waals surface area (Å²) in [5.74, 6) is 1.92. The molecule has 0 aromatic heterocycles. The summed E-state index contributed by atoms with van der Waals surface area (Å²) in [4.78, 5) is 0. The number of rotatable bonds is 7. The molecule has 0 saturated heterocycles. The number of nitrogens with two attached hydrogens (primary N) is 1. The van der Waals surface area contributed by atoms with E-state index in [1.807, 2.05) is 30.3 Å². The molecule has 112 valence electrons. The zero-order chi connectivity index (χ0) is 14.3. The van der Waals surface area contributed by atoms with Crippen LogP contribution in [0.15, 0.2) is 30.3 Å². The van der Waals surface area contributed by atoms with Crippen molar-refractivity contribution < 1.29 is 4.74 Å². The third kappa shape index (κ3) is 4.24. The number of benzene rings is 1. The van der Waals surface area contributed by atoms with Gasteiger partial charge < -0.3 is 10.5 Å². The molecular weight excluding hydrogens is 246 g/mol. The second-order valence-electron chi connectivity index (χ2n) is 6.32. The van der Waals surface area contributed by atoms with Crippen LogP contribution in [0, 0.1) is 11.3 Å². The number of para-hydroxylation sites is 1. The maximum Gasteiger partial charge on any atom is 0.119 e. The predicted molar refractivity (Wildman–Crippen MR) is 84.9 cm³/mol. The summed E-state index contributed by atoms with van der Waals surface area (Å²) in [7, 11) is 0. The summed E-state index contributed by atoms with van der Waals surface area (Å²) >= 11 is 0. The summed E-state index contributed by atoms with van der Waals surface area (Å²) < 4.78 is 5.79. The summed E-state index contributed by atoms with van der Waals surface area (Å²) in [6, 6.07) is 10.1. The third-order valence-electron chi connectivity index (χ3n) is 5.04. The molecular formula is C18H29NO. The van der Waals surface area contributed by atoms with E-state index in [9.17, 15) is 0 Å². The van der Waals surface area contributed by atoms with E-state index in [0.717, 1.165) is 31.2 Å². The average molecular weight is 275 g/mol. The summed E-state index contributed by atoms with van der Waals surface area (Å²) in [6.45, 7) is 3.96. The van der Waals surface area contributed by atoms with Crippen molar-refractivity contribution in [1.82, 2.24) is 0 Å². The summed E-state index contributed by atoms with van der Waals surface area (Å²) in [6.07, 6.45) is 9.02. The topological polar surface area (TPSA) is 35.2 Å². The molecule has 2 N–H and O–H groups in total. The number of hydrogen-bond donors (Lipinski definition) is 1. The minimum Gasteiger partial charge on any atom is -0.494 e. The number of hydrogen-bond acceptors (Lipinski definition) is 2. The van der Waals surface area contributed by atoms with Crippen molar-refractivity contribution in [1.29, 1.82) is 0 Å². The van der Waals surface area contributed by atoms with Crippen LogP contribution in [0.2, 0.25) is 0 Å². The molecule has 0 unspecified atom stereocenters. The maximum absolute atomic E-state index is 6.08. The van der Waals surface area contributed by atoms with Crippen LogP contribution < -0.4 is 10.5 Å². The Morgan fingerprint density at radius 1 is 1.20 bits per heavy atom. The summed E-state index contributed by atoms with van der Waals surface area (Å²) in [5, 5.41) is 0. The van der Waals surface area contributed by atoms with Crippen LogP contribution in [0.5, 0.6) is 5.75 Å². The fraction of sp³-hybridized carbons (Fsp3) is 0.667. The zero-order valence-corrected chi connectivity index (χ0v) is 12.8. The fourth-order valence-electron chi connectivity index (χ4n) is 3.41. The van der Waals surface area contributed by atoms with E-state index >= 15 is 0 Å². The first-order valence-corrected chi connectivity index (χ1v) is 8.16. The lowest BCUT2D eigenvalue weighted by atomic mass is 9.67. The van der Waals surface area contributed by atoms with Crippen molar-refractivity contribution >= 4 is 0 Å². The van der Waals surface area contributed by atoms with E-state index < -0.39 is 0 Å². The van der Waals surface area contributed by atoms with Crippen LogP contribution in [-0.2, 0) is 0 Å². The van der Waals surface area contributed by atoms with E-state index in [1.165, 1.54) is 38.5 Å². The molecule has 0 spiro atoms. The Bertz CT molecular complexity index is 368. The normalized spacial score (nSPS) is 26.4. The molecule has 2 nitrogen and oxygen atoms in total. The molecule has 0 heterocycles. The lowest BCUT2D eigenvalue weighted by molar-refractivity contribution is 0.131. The first kappa shape index (κ1) is 15.4. The summed E-state index contributed by atoms with van der Waals surface area (Å²) in [5.41, 5.74) is 6.47.